The molecule has 3 rings (SSSR count). The monoisotopic (exact) mass is 351 g/mol. The highest BCUT2D eigenvalue weighted by molar-refractivity contribution is 9.10. The Balaban J connectivity index is 2.14. The van der Waals surface area contributed by atoms with Gasteiger partial charge in [0.15, 0.2) is 4.77 Å². The molecule has 0 amide bonds. The standard InChI is InChI=1S/C14H11BrFN3S/c1-8-3-2-4-9(17-8)7-19-13-6-11(16)10(15)5-12(13)18-14(19)20/h2-6H,7H2,1H3,(H,18,20). The van der Waals surface area contributed by atoms with Crippen LogP contribution < -0.4 is 0 Å². The molecule has 0 unspecified atom stereocenters. The zero-order valence-electron chi connectivity index (χ0n) is 10.7. The molecule has 6 heteroatoms. The van der Waals surface area contributed by atoms with Gasteiger partial charge < -0.3 is 9.55 Å². The number of aromatic nitrogens is 3. The molecule has 0 fully saturated rings. The van der Waals surface area contributed by atoms with E-state index < -0.39 is 0 Å². The lowest BCUT2D eigenvalue weighted by molar-refractivity contribution is 0.621. The van der Waals surface area contributed by atoms with Crippen LogP contribution in [0.4, 0.5) is 4.39 Å². The second kappa shape index (κ2) is 5.10. The van der Waals surface area contributed by atoms with Crippen LogP contribution in [-0.2, 0) is 6.54 Å². The summed E-state index contributed by atoms with van der Waals surface area (Å²) in [6.45, 7) is 2.45. The minimum atomic E-state index is -0.308. The van der Waals surface area contributed by atoms with Crippen LogP contribution in [0, 0.1) is 17.5 Å². The Morgan fingerprint density at radius 1 is 1.40 bits per heavy atom. The number of H-pyrrole nitrogens is 1. The Labute approximate surface area is 128 Å². The van der Waals surface area contributed by atoms with Crippen LogP contribution in [0.2, 0.25) is 0 Å². The number of benzene rings is 1. The van der Waals surface area contributed by atoms with Crippen molar-refractivity contribution < 1.29 is 4.39 Å². The van der Waals surface area contributed by atoms with Gasteiger partial charge in [-0.25, -0.2) is 4.39 Å². The fraction of sp³-hybridized carbons (Fsp3) is 0.143. The molecule has 1 N–H and O–H groups in total. The molecular formula is C14H11BrFN3S. The van der Waals surface area contributed by atoms with Crippen molar-refractivity contribution in [2.24, 2.45) is 0 Å². The van der Waals surface area contributed by atoms with E-state index in [-0.39, 0.29) is 5.82 Å². The number of aryl methyl sites for hydroxylation is 1. The molecule has 0 atom stereocenters. The molecule has 2 aromatic heterocycles. The summed E-state index contributed by atoms with van der Waals surface area (Å²) in [6.07, 6.45) is 0. The van der Waals surface area contributed by atoms with E-state index in [1.807, 2.05) is 29.7 Å². The van der Waals surface area contributed by atoms with Crippen LogP contribution in [0.5, 0.6) is 0 Å². The van der Waals surface area contributed by atoms with Gasteiger partial charge in [0, 0.05) is 11.8 Å². The van der Waals surface area contributed by atoms with Gasteiger partial charge in [0.05, 0.1) is 27.7 Å². The van der Waals surface area contributed by atoms with E-state index in [0.29, 0.717) is 15.8 Å². The summed E-state index contributed by atoms with van der Waals surface area (Å²) >= 11 is 8.49. The third-order valence-corrected chi connectivity index (χ3v) is 4.01. The van der Waals surface area contributed by atoms with Crippen LogP contribution in [0.25, 0.3) is 11.0 Å². The first kappa shape index (κ1) is 13.5. The van der Waals surface area contributed by atoms with Crippen molar-refractivity contribution in [3.8, 4) is 0 Å². The van der Waals surface area contributed by atoms with E-state index in [4.69, 9.17) is 12.2 Å². The Kier molecular flexibility index (Phi) is 3.43. The van der Waals surface area contributed by atoms with Crippen molar-refractivity contribution in [2.75, 3.05) is 0 Å². The molecule has 0 aliphatic carbocycles. The Morgan fingerprint density at radius 2 is 2.20 bits per heavy atom. The summed E-state index contributed by atoms with van der Waals surface area (Å²) in [4.78, 5) is 7.54. The Morgan fingerprint density at radius 3 is 2.95 bits per heavy atom. The van der Waals surface area contributed by atoms with Gasteiger partial charge in [0.25, 0.3) is 0 Å². The van der Waals surface area contributed by atoms with Crippen LogP contribution in [0.1, 0.15) is 11.4 Å². The molecule has 0 saturated heterocycles. The van der Waals surface area contributed by atoms with Crippen molar-refractivity contribution in [3.05, 3.63) is 56.8 Å². The van der Waals surface area contributed by atoms with Crippen LogP contribution >= 0.6 is 28.1 Å². The predicted octanol–water partition coefficient (Wildman–Crippen LogP) is 4.35. The van der Waals surface area contributed by atoms with Crippen molar-refractivity contribution >= 4 is 39.2 Å². The number of aromatic amines is 1. The molecule has 1 aromatic carbocycles. The average Bonchev–Trinajstić information content (AvgIpc) is 2.67. The third kappa shape index (κ3) is 2.41. The van der Waals surface area contributed by atoms with Crippen molar-refractivity contribution in [1.82, 2.24) is 14.5 Å². The fourth-order valence-electron chi connectivity index (χ4n) is 2.16. The molecule has 0 aliphatic rings. The predicted molar refractivity (Wildman–Crippen MR) is 82.9 cm³/mol. The number of hydrogen-bond donors (Lipinski definition) is 1. The lowest BCUT2D eigenvalue weighted by atomic mass is 10.3. The van der Waals surface area contributed by atoms with Crippen molar-refractivity contribution in [2.45, 2.75) is 13.5 Å². The Hall–Kier alpha value is -1.53. The zero-order valence-corrected chi connectivity index (χ0v) is 13.1. The topological polar surface area (TPSA) is 33.6 Å². The second-order valence-electron chi connectivity index (χ2n) is 4.57. The van der Waals surface area contributed by atoms with Gasteiger partial charge >= 0.3 is 0 Å². The van der Waals surface area contributed by atoms with E-state index in [0.717, 1.165) is 22.4 Å². The minimum absolute atomic E-state index is 0.308. The molecule has 20 heavy (non-hydrogen) atoms. The smallest absolute Gasteiger partial charge is 0.178 e. The van der Waals surface area contributed by atoms with Gasteiger partial charge in [-0.3, -0.25) is 4.98 Å². The fourth-order valence-corrected chi connectivity index (χ4v) is 2.77. The molecule has 0 radical (unpaired) electrons. The highest BCUT2D eigenvalue weighted by atomic mass is 79.9. The maximum absolute atomic E-state index is 13.7. The molecule has 102 valence electrons. The first-order valence-corrected chi connectivity index (χ1v) is 7.25. The molecule has 3 aromatic rings. The van der Waals surface area contributed by atoms with Gasteiger partial charge in [-0.2, -0.15) is 0 Å². The number of hydrogen-bond acceptors (Lipinski definition) is 2. The van der Waals surface area contributed by atoms with Crippen molar-refractivity contribution in [1.29, 1.82) is 0 Å². The van der Waals surface area contributed by atoms with Gasteiger partial charge in [0.2, 0.25) is 0 Å². The number of fused-ring (bicyclic) bond motifs is 1. The number of rotatable bonds is 2. The van der Waals surface area contributed by atoms with E-state index in [1.54, 1.807) is 6.07 Å². The molecule has 0 aliphatic heterocycles. The third-order valence-electron chi connectivity index (χ3n) is 3.08. The first-order valence-electron chi connectivity index (χ1n) is 6.05. The van der Waals surface area contributed by atoms with Gasteiger partial charge in [0.1, 0.15) is 5.82 Å². The maximum atomic E-state index is 13.7. The SMILES string of the molecule is Cc1cccc(Cn2c(=S)[nH]c3cc(Br)c(F)cc32)n1. The summed E-state index contributed by atoms with van der Waals surface area (Å²) in [5.74, 6) is -0.308. The molecular weight excluding hydrogens is 341 g/mol. The lowest BCUT2D eigenvalue weighted by Gasteiger charge is -2.05. The normalized spacial score (nSPS) is 11.2. The number of pyridine rings is 1. The minimum Gasteiger partial charge on any atom is -0.331 e. The van der Waals surface area contributed by atoms with Gasteiger partial charge in [-0.15, -0.1) is 0 Å². The highest BCUT2D eigenvalue weighted by Gasteiger charge is 2.09. The zero-order chi connectivity index (χ0) is 14.3. The number of imidazole rings is 1. The summed E-state index contributed by atoms with van der Waals surface area (Å²) in [5.41, 5.74) is 3.38. The van der Waals surface area contributed by atoms with E-state index in [9.17, 15) is 4.39 Å². The number of halogens is 2. The summed E-state index contributed by atoms with van der Waals surface area (Å²) < 4.78 is 16.5. The molecule has 2 heterocycles. The van der Waals surface area contributed by atoms with E-state index >= 15 is 0 Å². The maximum Gasteiger partial charge on any atom is 0.178 e. The van der Waals surface area contributed by atoms with E-state index in [1.165, 1.54) is 6.07 Å². The highest BCUT2D eigenvalue weighted by Crippen LogP contribution is 2.23. The first-order chi connectivity index (χ1) is 9.54. The second-order valence-corrected chi connectivity index (χ2v) is 5.81. The van der Waals surface area contributed by atoms with Crippen LogP contribution in [0.15, 0.2) is 34.8 Å². The van der Waals surface area contributed by atoms with Crippen LogP contribution in [-0.4, -0.2) is 14.5 Å². The van der Waals surface area contributed by atoms with Crippen molar-refractivity contribution in [3.63, 3.8) is 0 Å². The largest absolute Gasteiger partial charge is 0.331 e. The van der Waals surface area contributed by atoms with Gasteiger partial charge in [-0.1, -0.05) is 6.07 Å². The lowest BCUT2D eigenvalue weighted by Crippen LogP contribution is -2.02. The number of nitrogens with one attached hydrogen (secondary N) is 1. The quantitative estimate of drug-likeness (QED) is 0.696. The summed E-state index contributed by atoms with van der Waals surface area (Å²) in [5, 5.41) is 0. The Bertz CT molecular complexity index is 853. The summed E-state index contributed by atoms with van der Waals surface area (Å²) in [6, 6.07) is 8.99. The van der Waals surface area contributed by atoms with Crippen LogP contribution in [0.3, 0.4) is 0 Å². The molecule has 0 spiro atoms. The average molecular weight is 352 g/mol. The van der Waals surface area contributed by atoms with E-state index in [2.05, 4.69) is 25.9 Å². The van der Waals surface area contributed by atoms with Gasteiger partial charge in [-0.05, 0) is 53.3 Å². The summed E-state index contributed by atoms with van der Waals surface area (Å²) in [7, 11) is 0. The molecule has 0 saturated carbocycles. The molecule has 3 nitrogen and oxygen atoms in total. The number of nitrogens with zero attached hydrogens (tertiary/aromatic N) is 2. The molecule has 0 bridgehead atoms.